The zero-order valence-corrected chi connectivity index (χ0v) is 12.3. The fourth-order valence-electron chi connectivity index (χ4n) is 2.26. The summed E-state index contributed by atoms with van der Waals surface area (Å²) in [6.45, 7) is 2.94. The SMILES string of the molecule is CC(CO)N(C)C(=O)C1CCCN(C(=O)N(C)C)C1. The second-order valence-corrected chi connectivity index (χ2v) is 5.44. The number of likely N-dealkylation sites (N-methyl/N-ethyl adjacent to an activating group) is 1. The fourth-order valence-corrected chi connectivity index (χ4v) is 2.26. The monoisotopic (exact) mass is 271 g/mol. The number of nitrogens with zero attached hydrogens (tertiary/aromatic N) is 3. The molecule has 0 aromatic heterocycles. The van der Waals surface area contributed by atoms with E-state index in [1.807, 2.05) is 6.92 Å². The number of amides is 3. The summed E-state index contributed by atoms with van der Waals surface area (Å²) in [5.41, 5.74) is 0. The van der Waals surface area contributed by atoms with Crippen molar-refractivity contribution >= 4 is 11.9 Å². The number of piperidine rings is 1. The van der Waals surface area contributed by atoms with Crippen molar-refractivity contribution in [3.8, 4) is 0 Å². The van der Waals surface area contributed by atoms with Gasteiger partial charge in [0.1, 0.15) is 0 Å². The lowest BCUT2D eigenvalue weighted by Crippen LogP contribution is -2.50. The first-order valence-corrected chi connectivity index (χ1v) is 6.72. The Kier molecular flexibility index (Phi) is 5.60. The van der Waals surface area contributed by atoms with Crippen LogP contribution >= 0.6 is 0 Å². The van der Waals surface area contributed by atoms with Gasteiger partial charge in [-0.05, 0) is 19.8 Å². The highest BCUT2D eigenvalue weighted by Crippen LogP contribution is 2.20. The minimum Gasteiger partial charge on any atom is -0.394 e. The van der Waals surface area contributed by atoms with E-state index in [1.165, 1.54) is 4.90 Å². The van der Waals surface area contributed by atoms with Gasteiger partial charge in [0.2, 0.25) is 5.91 Å². The van der Waals surface area contributed by atoms with Gasteiger partial charge in [-0.15, -0.1) is 0 Å². The quantitative estimate of drug-likeness (QED) is 0.798. The molecule has 0 bridgehead atoms. The second kappa shape index (κ2) is 6.75. The summed E-state index contributed by atoms with van der Waals surface area (Å²) in [6, 6.07) is -0.234. The minimum atomic E-state index is -0.188. The van der Waals surface area contributed by atoms with Crippen molar-refractivity contribution in [2.75, 3.05) is 40.8 Å². The molecule has 2 atom stereocenters. The van der Waals surface area contributed by atoms with E-state index in [-0.39, 0.29) is 30.5 Å². The minimum absolute atomic E-state index is 0.0119. The van der Waals surface area contributed by atoms with Crippen LogP contribution in [-0.2, 0) is 4.79 Å². The van der Waals surface area contributed by atoms with Gasteiger partial charge in [-0.2, -0.15) is 0 Å². The second-order valence-electron chi connectivity index (χ2n) is 5.44. The van der Waals surface area contributed by atoms with Crippen molar-refractivity contribution in [3.05, 3.63) is 0 Å². The first-order valence-electron chi connectivity index (χ1n) is 6.72. The van der Waals surface area contributed by atoms with Gasteiger partial charge in [-0.1, -0.05) is 0 Å². The van der Waals surface area contributed by atoms with Crippen LogP contribution in [0.25, 0.3) is 0 Å². The predicted molar refractivity (Wildman–Crippen MR) is 72.7 cm³/mol. The van der Waals surface area contributed by atoms with Crippen LogP contribution in [0.2, 0.25) is 0 Å². The number of urea groups is 1. The van der Waals surface area contributed by atoms with Crippen LogP contribution in [0, 0.1) is 5.92 Å². The zero-order valence-electron chi connectivity index (χ0n) is 12.3. The van der Waals surface area contributed by atoms with E-state index in [2.05, 4.69) is 0 Å². The van der Waals surface area contributed by atoms with Gasteiger partial charge in [0.05, 0.1) is 18.6 Å². The van der Waals surface area contributed by atoms with Gasteiger partial charge < -0.3 is 19.8 Å². The normalized spacial score (nSPS) is 20.9. The molecular formula is C13H25N3O3. The Morgan fingerprint density at radius 2 is 2.00 bits per heavy atom. The zero-order chi connectivity index (χ0) is 14.6. The Morgan fingerprint density at radius 3 is 2.53 bits per heavy atom. The van der Waals surface area contributed by atoms with Gasteiger partial charge >= 0.3 is 6.03 Å². The molecule has 0 saturated carbocycles. The summed E-state index contributed by atoms with van der Waals surface area (Å²) in [4.78, 5) is 29.1. The molecular weight excluding hydrogens is 246 g/mol. The molecule has 1 N–H and O–H groups in total. The van der Waals surface area contributed by atoms with Crippen LogP contribution in [-0.4, -0.2) is 78.6 Å². The van der Waals surface area contributed by atoms with E-state index in [0.717, 1.165) is 12.8 Å². The van der Waals surface area contributed by atoms with Crippen molar-refractivity contribution in [2.24, 2.45) is 5.92 Å². The first kappa shape index (κ1) is 15.8. The number of aliphatic hydroxyl groups is 1. The molecule has 110 valence electrons. The standard InChI is InChI=1S/C13H25N3O3/c1-10(9-17)15(4)12(18)11-6-5-7-16(8-11)13(19)14(2)3/h10-11,17H,5-9H2,1-4H3. The first-order chi connectivity index (χ1) is 8.88. The van der Waals surface area contributed by atoms with E-state index in [4.69, 9.17) is 5.11 Å². The molecule has 2 unspecified atom stereocenters. The maximum atomic E-state index is 12.3. The summed E-state index contributed by atoms with van der Waals surface area (Å²) < 4.78 is 0. The predicted octanol–water partition coefficient (Wildman–Crippen LogP) is 0.219. The van der Waals surface area contributed by atoms with Gasteiger partial charge in [-0.3, -0.25) is 4.79 Å². The lowest BCUT2D eigenvalue weighted by Gasteiger charge is -2.36. The topological polar surface area (TPSA) is 64.1 Å². The smallest absolute Gasteiger partial charge is 0.319 e. The van der Waals surface area contributed by atoms with E-state index in [1.54, 1.807) is 30.9 Å². The summed E-state index contributed by atoms with van der Waals surface area (Å²) >= 11 is 0. The third-order valence-electron chi connectivity index (χ3n) is 3.70. The Bertz CT molecular complexity index is 333. The molecule has 1 rings (SSSR count). The average Bonchev–Trinajstić information content (AvgIpc) is 2.43. The highest BCUT2D eigenvalue weighted by atomic mass is 16.3. The summed E-state index contributed by atoms with van der Waals surface area (Å²) in [7, 11) is 5.14. The Morgan fingerprint density at radius 1 is 1.37 bits per heavy atom. The summed E-state index contributed by atoms with van der Waals surface area (Å²) in [5.74, 6) is -0.144. The maximum absolute atomic E-state index is 12.3. The highest BCUT2D eigenvalue weighted by Gasteiger charge is 2.31. The number of hydrogen-bond acceptors (Lipinski definition) is 3. The summed E-state index contributed by atoms with van der Waals surface area (Å²) in [5, 5.41) is 9.10. The number of carbonyl (C=O) groups excluding carboxylic acids is 2. The largest absolute Gasteiger partial charge is 0.394 e. The third kappa shape index (κ3) is 3.83. The lowest BCUT2D eigenvalue weighted by molar-refractivity contribution is -0.138. The maximum Gasteiger partial charge on any atom is 0.319 e. The lowest BCUT2D eigenvalue weighted by atomic mass is 9.96. The van der Waals surface area contributed by atoms with Gasteiger partial charge in [0.15, 0.2) is 0 Å². The van der Waals surface area contributed by atoms with Crippen LogP contribution in [0.5, 0.6) is 0 Å². The molecule has 0 aromatic rings. The van der Waals surface area contributed by atoms with Gasteiger partial charge in [0, 0.05) is 34.2 Å². The molecule has 6 heteroatoms. The number of hydrogen-bond donors (Lipinski definition) is 1. The molecule has 0 aliphatic carbocycles. The van der Waals surface area contributed by atoms with Crippen molar-refractivity contribution in [3.63, 3.8) is 0 Å². The molecule has 6 nitrogen and oxygen atoms in total. The Balaban J connectivity index is 2.64. The van der Waals surface area contributed by atoms with Crippen LogP contribution in [0.3, 0.4) is 0 Å². The molecule has 1 aliphatic rings. The molecule has 1 saturated heterocycles. The number of carbonyl (C=O) groups is 2. The van der Waals surface area contributed by atoms with Crippen LogP contribution in [0.15, 0.2) is 0 Å². The molecule has 0 radical (unpaired) electrons. The van der Waals surface area contributed by atoms with Crippen LogP contribution in [0.1, 0.15) is 19.8 Å². The van der Waals surface area contributed by atoms with Crippen LogP contribution in [0.4, 0.5) is 4.79 Å². The molecule has 3 amide bonds. The van der Waals surface area contributed by atoms with Gasteiger partial charge in [0.25, 0.3) is 0 Å². The Hall–Kier alpha value is -1.30. The van der Waals surface area contributed by atoms with E-state index in [9.17, 15) is 9.59 Å². The van der Waals surface area contributed by atoms with Crippen molar-refractivity contribution in [1.82, 2.24) is 14.7 Å². The third-order valence-corrected chi connectivity index (χ3v) is 3.70. The van der Waals surface area contributed by atoms with Crippen molar-refractivity contribution in [2.45, 2.75) is 25.8 Å². The fraction of sp³-hybridized carbons (Fsp3) is 0.846. The average molecular weight is 271 g/mol. The van der Waals surface area contributed by atoms with E-state index in [0.29, 0.717) is 13.1 Å². The number of aliphatic hydroxyl groups excluding tert-OH is 1. The molecule has 1 fully saturated rings. The Labute approximate surface area is 115 Å². The van der Waals surface area contributed by atoms with E-state index >= 15 is 0 Å². The summed E-state index contributed by atoms with van der Waals surface area (Å²) in [6.07, 6.45) is 1.65. The molecule has 0 aromatic carbocycles. The van der Waals surface area contributed by atoms with Crippen LogP contribution < -0.4 is 0 Å². The molecule has 0 spiro atoms. The molecule has 19 heavy (non-hydrogen) atoms. The van der Waals surface area contributed by atoms with E-state index < -0.39 is 0 Å². The molecule has 1 aliphatic heterocycles. The van der Waals surface area contributed by atoms with Crippen molar-refractivity contribution in [1.29, 1.82) is 0 Å². The molecule has 1 heterocycles. The number of likely N-dealkylation sites (tertiary alicyclic amines) is 1. The van der Waals surface area contributed by atoms with Crippen molar-refractivity contribution < 1.29 is 14.7 Å². The highest BCUT2D eigenvalue weighted by molar-refractivity contribution is 5.81. The van der Waals surface area contributed by atoms with Gasteiger partial charge in [-0.25, -0.2) is 4.79 Å². The number of rotatable bonds is 3.